The smallest absolute Gasteiger partial charge is 0.326 e. The number of hydrogen-bond acceptors (Lipinski definition) is 7. The van der Waals surface area contributed by atoms with E-state index in [1.807, 2.05) is 0 Å². The fourth-order valence-electron chi connectivity index (χ4n) is 2.20. The van der Waals surface area contributed by atoms with Gasteiger partial charge in [-0.1, -0.05) is 0 Å². The van der Waals surface area contributed by atoms with E-state index in [1.54, 1.807) is 6.92 Å². The van der Waals surface area contributed by atoms with Crippen LogP contribution in [0.25, 0.3) is 11.2 Å². The second-order valence-corrected chi connectivity index (χ2v) is 7.09. The largest absolute Gasteiger partial charge is 0.465 e. The van der Waals surface area contributed by atoms with Crippen molar-refractivity contribution in [3.05, 3.63) is 23.0 Å². The summed E-state index contributed by atoms with van der Waals surface area (Å²) in [5, 5.41) is 0. The number of carbonyl (C=O) groups is 1. The number of nitrogens with zero attached hydrogens (tertiary/aromatic N) is 4. The lowest BCUT2D eigenvalue weighted by atomic mass is 10.4. The predicted octanol–water partition coefficient (Wildman–Crippen LogP) is -0.838. The van der Waals surface area contributed by atoms with Crippen LogP contribution >= 0.6 is 7.60 Å². The Hall–Kier alpha value is -2.07. The van der Waals surface area contributed by atoms with Crippen molar-refractivity contribution in [2.24, 2.45) is 0 Å². The molecule has 0 aliphatic carbocycles. The molecule has 0 spiro atoms. The molecule has 0 saturated heterocycles. The molecular formula is C13H20N5O6P. The van der Waals surface area contributed by atoms with Crippen molar-refractivity contribution in [3.63, 3.8) is 0 Å². The molecule has 25 heavy (non-hydrogen) atoms. The Labute approximate surface area is 142 Å². The minimum absolute atomic E-state index is 0.00241. The number of aromatic amines is 1. The van der Waals surface area contributed by atoms with E-state index in [4.69, 9.17) is 14.5 Å². The normalized spacial score (nSPS) is 12.0. The number of rotatable bonds is 9. The summed E-state index contributed by atoms with van der Waals surface area (Å²) in [5.74, 6) is -0.497. The minimum atomic E-state index is -4.20. The maximum Gasteiger partial charge on any atom is 0.326 e. The van der Waals surface area contributed by atoms with Crippen molar-refractivity contribution < 1.29 is 23.9 Å². The van der Waals surface area contributed by atoms with E-state index in [0.717, 1.165) is 0 Å². The maximum atomic E-state index is 12.3. The number of imidazole rings is 1. The number of carbonyl (C=O) groups excluding carboxylic acids is 1. The van der Waals surface area contributed by atoms with Crippen molar-refractivity contribution >= 4 is 24.7 Å². The number of hydrogen-bond donors (Lipinski definition) is 3. The summed E-state index contributed by atoms with van der Waals surface area (Å²) in [5.41, 5.74) is 0.273. The first-order valence-corrected chi connectivity index (χ1v) is 9.41. The Balaban J connectivity index is 2.06. The number of ether oxygens (including phenoxy) is 1. The van der Waals surface area contributed by atoms with Crippen LogP contribution in [0.5, 0.6) is 0 Å². The van der Waals surface area contributed by atoms with Gasteiger partial charge in [0, 0.05) is 19.6 Å². The quantitative estimate of drug-likeness (QED) is 0.377. The first-order chi connectivity index (χ1) is 11.8. The number of fused-ring (bicyclic) bond motifs is 1. The Morgan fingerprint density at radius 3 is 2.84 bits per heavy atom. The van der Waals surface area contributed by atoms with Crippen molar-refractivity contribution in [1.29, 1.82) is 0 Å². The Morgan fingerprint density at radius 2 is 2.16 bits per heavy atom. The van der Waals surface area contributed by atoms with E-state index in [1.165, 1.54) is 22.1 Å². The van der Waals surface area contributed by atoms with E-state index in [2.05, 4.69) is 15.0 Å². The standard InChI is InChI=1S/C13H20N5O6P/c1-2-24-10(19)7-17(5-6-25(21,22)23)3-4-18-9-16-12-11(13(18)20)14-8-15-12/h8-9H,2-7H2,1H3,(H,14,15)(H2,21,22,23). The highest BCUT2D eigenvalue weighted by Gasteiger charge is 2.18. The number of aromatic nitrogens is 4. The zero-order valence-electron chi connectivity index (χ0n) is 13.7. The molecule has 0 amide bonds. The van der Waals surface area contributed by atoms with Crippen LogP contribution in [0.2, 0.25) is 0 Å². The second kappa shape index (κ2) is 8.34. The monoisotopic (exact) mass is 373 g/mol. The summed E-state index contributed by atoms with van der Waals surface area (Å²) in [6.45, 7) is 2.18. The molecule has 0 fully saturated rings. The molecule has 0 aromatic carbocycles. The topological polar surface area (TPSA) is 151 Å². The number of esters is 1. The highest BCUT2D eigenvalue weighted by Crippen LogP contribution is 2.33. The minimum Gasteiger partial charge on any atom is -0.465 e. The van der Waals surface area contributed by atoms with Gasteiger partial charge in [0.25, 0.3) is 5.56 Å². The molecule has 0 bridgehead atoms. The Kier molecular flexibility index (Phi) is 6.43. The Morgan fingerprint density at radius 1 is 1.40 bits per heavy atom. The lowest BCUT2D eigenvalue weighted by Crippen LogP contribution is -2.37. The summed E-state index contributed by atoms with van der Waals surface area (Å²) in [6.07, 6.45) is 2.33. The number of H-pyrrole nitrogens is 1. The van der Waals surface area contributed by atoms with Crippen LogP contribution < -0.4 is 5.56 Å². The van der Waals surface area contributed by atoms with Gasteiger partial charge < -0.3 is 19.5 Å². The van der Waals surface area contributed by atoms with Crippen molar-refractivity contribution in [1.82, 2.24) is 24.4 Å². The summed E-state index contributed by atoms with van der Waals surface area (Å²) in [6, 6.07) is 0. The van der Waals surface area contributed by atoms with Crippen LogP contribution in [-0.4, -0.2) is 72.6 Å². The van der Waals surface area contributed by atoms with Gasteiger partial charge in [0.15, 0.2) is 11.2 Å². The zero-order chi connectivity index (χ0) is 18.4. The van der Waals surface area contributed by atoms with E-state index in [0.29, 0.717) is 5.65 Å². The van der Waals surface area contributed by atoms with Gasteiger partial charge >= 0.3 is 13.6 Å². The average molecular weight is 373 g/mol. The highest BCUT2D eigenvalue weighted by molar-refractivity contribution is 7.51. The van der Waals surface area contributed by atoms with Gasteiger partial charge in [-0.15, -0.1) is 0 Å². The fraction of sp³-hybridized carbons (Fsp3) is 0.538. The van der Waals surface area contributed by atoms with E-state index in [-0.39, 0.29) is 50.0 Å². The van der Waals surface area contributed by atoms with Crippen LogP contribution in [-0.2, 0) is 20.6 Å². The molecule has 2 aromatic heterocycles. The van der Waals surface area contributed by atoms with Crippen LogP contribution in [0.4, 0.5) is 0 Å². The summed E-state index contributed by atoms with van der Waals surface area (Å²) < 4.78 is 17.3. The molecule has 0 aliphatic rings. The lowest BCUT2D eigenvalue weighted by molar-refractivity contribution is -0.144. The lowest BCUT2D eigenvalue weighted by Gasteiger charge is -2.21. The van der Waals surface area contributed by atoms with Crippen LogP contribution in [0, 0.1) is 0 Å². The van der Waals surface area contributed by atoms with Gasteiger partial charge in [0.2, 0.25) is 0 Å². The SMILES string of the molecule is CCOC(=O)CN(CCn1cnc2nc[nH]c2c1=O)CCP(=O)(O)O. The van der Waals surface area contributed by atoms with Crippen LogP contribution in [0.15, 0.2) is 17.4 Å². The summed E-state index contributed by atoms with van der Waals surface area (Å²) in [7, 11) is -4.20. The molecule has 12 heteroatoms. The molecule has 0 aliphatic heterocycles. The number of nitrogens with one attached hydrogen (secondary N) is 1. The molecule has 11 nitrogen and oxygen atoms in total. The molecule has 0 atom stereocenters. The first kappa shape index (κ1) is 19.3. The molecule has 3 N–H and O–H groups in total. The van der Waals surface area contributed by atoms with E-state index >= 15 is 0 Å². The van der Waals surface area contributed by atoms with Crippen molar-refractivity contribution in [2.75, 3.05) is 32.4 Å². The van der Waals surface area contributed by atoms with Crippen molar-refractivity contribution in [3.8, 4) is 0 Å². The van der Waals surface area contributed by atoms with Gasteiger partial charge in [0.05, 0.1) is 25.6 Å². The molecule has 0 saturated carbocycles. The average Bonchev–Trinajstić information content (AvgIpc) is 3.00. The molecule has 2 aromatic rings. The first-order valence-electron chi connectivity index (χ1n) is 7.61. The fourth-order valence-corrected chi connectivity index (χ4v) is 2.75. The third-order valence-electron chi connectivity index (χ3n) is 3.44. The van der Waals surface area contributed by atoms with Crippen LogP contribution in [0.1, 0.15) is 6.92 Å². The molecule has 0 unspecified atom stereocenters. The Bertz CT molecular complexity index is 828. The molecule has 2 rings (SSSR count). The predicted molar refractivity (Wildman–Crippen MR) is 88.1 cm³/mol. The summed E-state index contributed by atoms with van der Waals surface area (Å²) in [4.78, 5) is 54.1. The molecule has 0 radical (unpaired) electrons. The molecule has 138 valence electrons. The highest BCUT2D eigenvalue weighted by atomic mass is 31.2. The van der Waals surface area contributed by atoms with E-state index in [9.17, 15) is 14.2 Å². The van der Waals surface area contributed by atoms with Gasteiger partial charge in [-0.2, -0.15) is 0 Å². The molecule has 2 heterocycles. The van der Waals surface area contributed by atoms with Gasteiger partial charge in [-0.05, 0) is 6.92 Å². The summed E-state index contributed by atoms with van der Waals surface area (Å²) >= 11 is 0. The van der Waals surface area contributed by atoms with Gasteiger partial charge in [-0.25, -0.2) is 9.97 Å². The van der Waals surface area contributed by atoms with Crippen LogP contribution in [0.3, 0.4) is 0 Å². The third kappa shape index (κ3) is 5.75. The van der Waals surface area contributed by atoms with E-state index < -0.39 is 13.6 Å². The molecular weight excluding hydrogens is 353 g/mol. The van der Waals surface area contributed by atoms with Gasteiger partial charge in [0.1, 0.15) is 6.33 Å². The third-order valence-corrected chi connectivity index (χ3v) is 4.22. The maximum absolute atomic E-state index is 12.3. The zero-order valence-corrected chi connectivity index (χ0v) is 14.6. The van der Waals surface area contributed by atoms with Crippen molar-refractivity contribution in [2.45, 2.75) is 13.5 Å². The van der Waals surface area contributed by atoms with Gasteiger partial charge in [-0.3, -0.25) is 23.6 Å². The second-order valence-electron chi connectivity index (χ2n) is 5.31.